The predicted octanol–water partition coefficient (Wildman–Crippen LogP) is 3.79. The Hall–Kier alpha value is -0.700. The quantitative estimate of drug-likeness (QED) is 0.687. The molecule has 132 valence electrons. The Morgan fingerprint density at radius 3 is 2.71 bits per heavy atom. The van der Waals surface area contributed by atoms with Gasteiger partial charge in [0.15, 0.2) is 0 Å². The van der Waals surface area contributed by atoms with E-state index in [4.69, 9.17) is 4.74 Å². The summed E-state index contributed by atoms with van der Waals surface area (Å²) in [5, 5.41) is 0. The van der Waals surface area contributed by atoms with Crippen molar-refractivity contribution in [2.75, 3.05) is 0 Å². The molecule has 4 saturated carbocycles. The summed E-state index contributed by atoms with van der Waals surface area (Å²) in [7, 11) is 0. The molecule has 1 heterocycles. The van der Waals surface area contributed by atoms with Gasteiger partial charge in [-0.25, -0.2) is 0 Å². The maximum atomic E-state index is 12.3. The standard InChI is InChI=1S/C21H30O3/c1-11(22)15-6-7-16-14-5-4-12-10-13(23)8-9-20(12,2)17(14)18-19(24-18)21(15,16)3/h12,14-19H,4-10H2,1-3H3. The molecule has 5 rings (SSSR count). The fourth-order valence-electron chi connectivity index (χ4n) is 8.08. The van der Waals surface area contributed by atoms with Gasteiger partial charge in [0, 0.05) is 24.2 Å². The predicted molar refractivity (Wildman–Crippen MR) is 90.3 cm³/mol. The second-order valence-electron chi connectivity index (χ2n) is 9.95. The molecule has 0 aromatic rings. The van der Waals surface area contributed by atoms with Crippen LogP contribution in [0.2, 0.25) is 0 Å². The van der Waals surface area contributed by atoms with E-state index < -0.39 is 0 Å². The Morgan fingerprint density at radius 2 is 1.96 bits per heavy atom. The molecule has 24 heavy (non-hydrogen) atoms. The molecule has 5 fully saturated rings. The highest BCUT2D eigenvalue weighted by atomic mass is 16.6. The topological polar surface area (TPSA) is 46.7 Å². The van der Waals surface area contributed by atoms with Crippen molar-refractivity contribution in [3.63, 3.8) is 0 Å². The number of ketones is 2. The molecule has 5 aliphatic rings. The van der Waals surface area contributed by atoms with Gasteiger partial charge in [0.2, 0.25) is 0 Å². The third-order valence-electron chi connectivity index (χ3n) is 9.24. The number of fused-ring (bicyclic) bond motifs is 8. The van der Waals surface area contributed by atoms with Gasteiger partial charge in [0.05, 0.1) is 12.2 Å². The van der Waals surface area contributed by atoms with Crippen molar-refractivity contribution in [2.45, 2.75) is 77.9 Å². The molecule has 3 heteroatoms. The molecule has 0 N–H and O–H groups in total. The molecular weight excluding hydrogens is 300 g/mol. The van der Waals surface area contributed by atoms with E-state index in [-0.39, 0.29) is 16.7 Å². The molecule has 9 unspecified atom stereocenters. The Bertz CT molecular complexity index is 612. The van der Waals surface area contributed by atoms with Crippen LogP contribution in [0.1, 0.15) is 65.7 Å². The number of carbonyl (C=O) groups is 2. The molecule has 9 atom stereocenters. The SMILES string of the molecule is CC(=O)C1CCC2C3CCC4CC(=O)CCC4(C)C3C3OC3C12C. The van der Waals surface area contributed by atoms with Crippen LogP contribution < -0.4 is 0 Å². The van der Waals surface area contributed by atoms with Crippen LogP contribution in [0.5, 0.6) is 0 Å². The highest BCUT2D eigenvalue weighted by Gasteiger charge is 2.73. The minimum atomic E-state index is 0.0748. The van der Waals surface area contributed by atoms with E-state index >= 15 is 0 Å². The van der Waals surface area contributed by atoms with Gasteiger partial charge in [-0.3, -0.25) is 9.59 Å². The lowest BCUT2D eigenvalue weighted by Gasteiger charge is -2.58. The molecule has 0 radical (unpaired) electrons. The van der Waals surface area contributed by atoms with Crippen LogP contribution in [0.4, 0.5) is 0 Å². The fourth-order valence-corrected chi connectivity index (χ4v) is 8.08. The summed E-state index contributed by atoms with van der Waals surface area (Å²) < 4.78 is 6.35. The summed E-state index contributed by atoms with van der Waals surface area (Å²) in [6, 6.07) is 0. The summed E-state index contributed by atoms with van der Waals surface area (Å²) in [5.41, 5.74) is 0.358. The van der Waals surface area contributed by atoms with E-state index in [0.717, 1.165) is 25.7 Å². The molecule has 4 aliphatic carbocycles. The zero-order chi connectivity index (χ0) is 16.9. The first-order valence-electron chi connectivity index (χ1n) is 10.0. The van der Waals surface area contributed by atoms with Crippen molar-refractivity contribution in [1.29, 1.82) is 0 Å². The van der Waals surface area contributed by atoms with Crippen molar-refractivity contribution >= 4 is 11.6 Å². The van der Waals surface area contributed by atoms with Gasteiger partial charge >= 0.3 is 0 Å². The molecule has 0 aromatic carbocycles. The van der Waals surface area contributed by atoms with Gasteiger partial charge in [-0.15, -0.1) is 0 Å². The van der Waals surface area contributed by atoms with Gasteiger partial charge in [0.1, 0.15) is 11.6 Å². The summed E-state index contributed by atoms with van der Waals surface area (Å²) in [4.78, 5) is 24.3. The Kier molecular flexibility index (Phi) is 3.06. The first-order valence-corrected chi connectivity index (χ1v) is 10.0. The van der Waals surface area contributed by atoms with Crippen LogP contribution >= 0.6 is 0 Å². The van der Waals surface area contributed by atoms with E-state index in [1.807, 2.05) is 0 Å². The van der Waals surface area contributed by atoms with E-state index in [1.165, 1.54) is 19.3 Å². The summed E-state index contributed by atoms with van der Waals surface area (Å²) in [5.74, 6) is 3.60. The van der Waals surface area contributed by atoms with Crippen molar-refractivity contribution in [3.05, 3.63) is 0 Å². The normalized spacial score (nSPS) is 58.3. The lowest BCUT2D eigenvalue weighted by molar-refractivity contribution is -0.138. The van der Waals surface area contributed by atoms with Crippen LogP contribution in [-0.2, 0) is 14.3 Å². The molecule has 0 spiro atoms. The smallest absolute Gasteiger partial charge is 0.133 e. The second-order valence-corrected chi connectivity index (χ2v) is 9.95. The number of hydrogen-bond acceptors (Lipinski definition) is 3. The number of ether oxygens (including phenoxy) is 1. The van der Waals surface area contributed by atoms with Gasteiger partial charge in [0.25, 0.3) is 0 Å². The average Bonchev–Trinajstić information content (AvgIpc) is 3.24. The van der Waals surface area contributed by atoms with E-state index in [0.29, 0.717) is 47.4 Å². The highest BCUT2D eigenvalue weighted by Crippen LogP contribution is 2.72. The Morgan fingerprint density at radius 1 is 1.17 bits per heavy atom. The van der Waals surface area contributed by atoms with Crippen LogP contribution in [0.25, 0.3) is 0 Å². The van der Waals surface area contributed by atoms with Crippen LogP contribution in [-0.4, -0.2) is 23.8 Å². The van der Waals surface area contributed by atoms with Crippen molar-refractivity contribution in [1.82, 2.24) is 0 Å². The average molecular weight is 330 g/mol. The largest absolute Gasteiger partial charge is 0.369 e. The van der Waals surface area contributed by atoms with Crippen molar-refractivity contribution in [3.8, 4) is 0 Å². The third-order valence-corrected chi connectivity index (χ3v) is 9.24. The molecule has 3 nitrogen and oxygen atoms in total. The number of epoxide rings is 1. The molecule has 1 saturated heterocycles. The maximum absolute atomic E-state index is 12.3. The van der Waals surface area contributed by atoms with Gasteiger partial charge in [-0.05, 0) is 68.1 Å². The van der Waals surface area contributed by atoms with E-state index in [9.17, 15) is 9.59 Å². The lowest BCUT2D eigenvalue weighted by Crippen LogP contribution is -2.57. The van der Waals surface area contributed by atoms with Crippen LogP contribution in [0.15, 0.2) is 0 Å². The van der Waals surface area contributed by atoms with E-state index in [2.05, 4.69) is 13.8 Å². The molecule has 0 bridgehead atoms. The summed E-state index contributed by atoms with van der Waals surface area (Å²) >= 11 is 0. The van der Waals surface area contributed by atoms with Crippen LogP contribution in [0.3, 0.4) is 0 Å². The Balaban J connectivity index is 1.52. The summed E-state index contributed by atoms with van der Waals surface area (Å²) in [6.07, 6.45) is 8.00. The minimum absolute atomic E-state index is 0.0748. The fraction of sp³-hybridized carbons (Fsp3) is 0.905. The lowest BCUT2D eigenvalue weighted by atomic mass is 9.44. The summed E-state index contributed by atoms with van der Waals surface area (Å²) in [6.45, 7) is 6.60. The number of Topliss-reactive ketones (excluding diaryl/α,β-unsaturated/α-hetero) is 2. The molecule has 1 aliphatic heterocycles. The first-order chi connectivity index (χ1) is 11.4. The zero-order valence-corrected chi connectivity index (χ0v) is 15.2. The van der Waals surface area contributed by atoms with Gasteiger partial charge in [-0.2, -0.15) is 0 Å². The minimum Gasteiger partial charge on any atom is -0.369 e. The second kappa shape index (κ2) is 4.72. The molecule has 0 amide bonds. The van der Waals surface area contributed by atoms with Crippen molar-refractivity contribution in [2.24, 2.45) is 40.4 Å². The first kappa shape index (κ1) is 15.5. The van der Waals surface area contributed by atoms with Gasteiger partial charge < -0.3 is 4.74 Å². The third kappa shape index (κ3) is 1.73. The highest BCUT2D eigenvalue weighted by molar-refractivity contribution is 5.80. The van der Waals surface area contributed by atoms with Crippen molar-refractivity contribution < 1.29 is 14.3 Å². The number of hydrogen-bond donors (Lipinski definition) is 0. The monoisotopic (exact) mass is 330 g/mol. The molecule has 0 aromatic heterocycles. The Labute approximate surface area is 144 Å². The number of rotatable bonds is 1. The van der Waals surface area contributed by atoms with Gasteiger partial charge in [-0.1, -0.05) is 13.8 Å². The number of carbonyl (C=O) groups excluding carboxylic acids is 2. The zero-order valence-electron chi connectivity index (χ0n) is 15.2. The maximum Gasteiger partial charge on any atom is 0.133 e. The van der Waals surface area contributed by atoms with Crippen LogP contribution in [0, 0.1) is 40.4 Å². The van der Waals surface area contributed by atoms with E-state index in [1.54, 1.807) is 6.92 Å². The molecular formula is C21H30O3.